The normalized spacial score (nSPS) is 15.0. The summed E-state index contributed by atoms with van der Waals surface area (Å²) in [7, 11) is -9.89. The van der Waals surface area contributed by atoms with Crippen molar-refractivity contribution in [3.63, 3.8) is 0 Å². The number of phosphoric ester groups is 2. The molecule has 0 aliphatic rings. The zero-order valence-electron chi connectivity index (χ0n) is 55.1. The Balaban J connectivity index is 5.27. The Morgan fingerprint density at radius 3 is 0.894 bits per heavy atom. The monoisotopic (exact) mass is 1250 g/mol. The summed E-state index contributed by atoms with van der Waals surface area (Å²) in [6.45, 7) is 11.7. The number of hydrogen-bond acceptors (Lipinski definition) is 15. The molecule has 0 aromatic carbocycles. The van der Waals surface area contributed by atoms with Crippen LogP contribution in [0, 0.1) is 17.8 Å². The number of aliphatic hydroxyl groups excluding tert-OH is 1. The van der Waals surface area contributed by atoms with E-state index in [2.05, 4.69) is 48.5 Å². The van der Waals surface area contributed by atoms with E-state index in [-0.39, 0.29) is 25.7 Å². The molecule has 0 amide bonds. The first-order valence-corrected chi connectivity index (χ1v) is 37.4. The molecular weight excluding hydrogens is 1130 g/mol. The van der Waals surface area contributed by atoms with Crippen LogP contribution in [-0.2, 0) is 65.4 Å². The fourth-order valence-corrected chi connectivity index (χ4v) is 11.3. The summed E-state index contributed by atoms with van der Waals surface area (Å²) in [5.41, 5.74) is 0. The average molecular weight is 1260 g/mol. The van der Waals surface area contributed by atoms with Gasteiger partial charge in [0.25, 0.3) is 0 Å². The molecule has 0 fully saturated rings. The van der Waals surface area contributed by atoms with Gasteiger partial charge in [0, 0.05) is 25.7 Å². The van der Waals surface area contributed by atoms with Gasteiger partial charge in [-0.15, -0.1) is 0 Å². The number of ether oxygens (including phenoxy) is 4. The Labute approximate surface area is 517 Å². The first-order chi connectivity index (χ1) is 40.8. The lowest BCUT2D eigenvalue weighted by molar-refractivity contribution is -0.161. The van der Waals surface area contributed by atoms with E-state index < -0.39 is 97.5 Å². The first kappa shape index (κ1) is 83.1. The molecule has 0 spiro atoms. The van der Waals surface area contributed by atoms with Crippen molar-refractivity contribution >= 4 is 39.5 Å². The molecule has 0 heterocycles. The van der Waals surface area contributed by atoms with E-state index in [9.17, 15) is 43.2 Å². The van der Waals surface area contributed by atoms with Crippen LogP contribution >= 0.6 is 15.6 Å². The number of aliphatic hydroxyl groups is 1. The van der Waals surface area contributed by atoms with Crippen molar-refractivity contribution in [3.8, 4) is 0 Å². The molecule has 0 saturated heterocycles. The van der Waals surface area contributed by atoms with Crippen molar-refractivity contribution in [2.24, 2.45) is 17.8 Å². The topological polar surface area (TPSA) is 237 Å². The number of carbonyl (C=O) groups is 4. The third kappa shape index (κ3) is 58.2. The minimum absolute atomic E-state index is 0.104. The van der Waals surface area contributed by atoms with Crippen LogP contribution in [0.2, 0.25) is 0 Å². The fourth-order valence-electron chi connectivity index (χ4n) is 9.77. The molecule has 85 heavy (non-hydrogen) atoms. The number of phosphoric acid groups is 2. The lowest BCUT2D eigenvalue weighted by Crippen LogP contribution is -2.30. The van der Waals surface area contributed by atoms with Crippen LogP contribution in [0.3, 0.4) is 0 Å². The fraction of sp³-hybridized carbons (Fsp3) is 0.939. The molecule has 17 nitrogen and oxygen atoms in total. The second-order valence-electron chi connectivity index (χ2n) is 24.8. The Morgan fingerprint density at radius 2 is 0.600 bits per heavy atom. The van der Waals surface area contributed by atoms with Gasteiger partial charge in [0.2, 0.25) is 0 Å². The summed E-state index contributed by atoms with van der Waals surface area (Å²) >= 11 is 0. The molecule has 0 aromatic heterocycles. The van der Waals surface area contributed by atoms with Crippen LogP contribution in [0.5, 0.6) is 0 Å². The second-order valence-corrected chi connectivity index (χ2v) is 27.7. The number of rotatable bonds is 64. The third-order valence-corrected chi connectivity index (χ3v) is 17.8. The van der Waals surface area contributed by atoms with E-state index in [1.54, 1.807) is 0 Å². The van der Waals surface area contributed by atoms with Crippen molar-refractivity contribution in [3.05, 3.63) is 0 Å². The Morgan fingerprint density at radius 1 is 0.341 bits per heavy atom. The maximum Gasteiger partial charge on any atom is 0.472 e. The van der Waals surface area contributed by atoms with Gasteiger partial charge < -0.3 is 33.8 Å². The molecule has 3 N–H and O–H groups in total. The third-order valence-electron chi connectivity index (χ3n) is 15.9. The summed E-state index contributed by atoms with van der Waals surface area (Å²) in [5.74, 6) is 0.112. The van der Waals surface area contributed by atoms with Gasteiger partial charge in [0.1, 0.15) is 19.3 Å². The maximum atomic E-state index is 13.0. The van der Waals surface area contributed by atoms with Gasteiger partial charge in [-0.25, -0.2) is 9.13 Å². The number of hydrogen-bond donors (Lipinski definition) is 3. The average Bonchev–Trinajstić information content (AvgIpc) is 3.47. The Kier molecular flexibility index (Phi) is 55.9. The van der Waals surface area contributed by atoms with Gasteiger partial charge in [0.15, 0.2) is 12.2 Å². The summed E-state index contributed by atoms with van der Waals surface area (Å²) in [6, 6.07) is 0. The molecular formula is C66H128O17P2. The van der Waals surface area contributed by atoms with Gasteiger partial charge in [-0.1, -0.05) is 273 Å². The molecule has 0 saturated carbocycles. The van der Waals surface area contributed by atoms with Crippen molar-refractivity contribution in [2.45, 2.75) is 343 Å². The number of esters is 4. The van der Waals surface area contributed by atoms with Crippen molar-refractivity contribution in [1.82, 2.24) is 0 Å². The van der Waals surface area contributed by atoms with E-state index in [0.717, 1.165) is 114 Å². The standard InChI is InChI=1S/C66H128O17P2/c1-8-11-12-13-14-15-16-19-26-35-42-49-65(70)83-62(54-77-64(69)48-41-34-29-28-32-39-46-59(7)10-3)56-81-85(74,75)79-52-60(67)51-78-84(72,73)80-55-61(82-66(71)50-43-36-27-20-17-18-23-30-37-44-57(4)5)53-76-63(68)47-40-33-25-22-21-24-31-38-45-58(6)9-2/h57-62,67H,8-56H2,1-7H3,(H,72,73)(H,74,75)/t58?,59?,60-,61-,62-/m1/s1. The zero-order chi connectivity index (χ0) is 63.1. The highest BCUT2D eigenvalue weighted by molar-refractivity contribution is 7.47. The van der Waals surface area contributed by atoms with Crippen LogP contribution in [0.1, 0.15) is 325 Å². The molecule has 0 aliphatic heterocycles. The van der Waals surface area contributed by atoms with Gasteiger partial charge in [-0.05, 0) is 43.4 Å². The van der Waals surface area contributed by atoms with Crippen LogP contribution in [0.25, 0.3) is 0 Å². The van der Waals surface area contributed by atoms with Gasteiger partial charge in [0.05, 0.1) is 26.4 Å². The minimum Gasteiger partial charge on any atom is -0.462 e. The lowest BCUT2D eigenvalue weighted by atomic mass is 9.99. The molecule has 504 valence electrons. The van der Waals surface area contributed by atoms with Crippen molar-refractivity contribution in [1.29, 1.82) is 0 Å². The molecule has 0 bridgehead atoms. The van der Waals surface area contributed by atoms with Gasteiger partial charge in [-0.2, -0.15) is 0 Å². The number of carbonyl (C=O) groups excluding carboxylic acids is 4. The SMILES string of the molecule is CCCCCCCCCCCCCC(=O)O[C@H](COC(=O)CCCCCCCCC(C)CC)COP(=O)(O)OC[C@H](O)COP(=O)(O)OC[C@@H](COC(=O)CCCCCCCCCCC(C)CC)OC(=O)CCCCCCCCCCCC(C)C. The van der Waals surface area contributed by atoms with E-state index in [4.69, 9.17) is 37.0 Å². The first-order valence-electron chi connectivity index (χ1n) is 34.4. The van der Waals surface area contributed by atoms with Crippen LogP contribution in [-0.4, -0.2) is 96.7 Å². The molecule has 0 rings (SSSR count). The lowest BCUT2D eigenvalue weighted by Gasteiger charge is -2.21. The highest BCUT2D eigenvalue weighted by Gasteiger charge is 2.30. The summed E-state index contributed by atoms with van der Waals surface area (Å²) in [4.78, 5) is 72.3. The van der Waals surface area contributed by atoms with E-state index in [0.29, 0.717) is 25.7 Å². The van der Waals surface area contributed by atoms with Crippen molar-refractivity contribution < 1.29 is 80.2 Å². The van der Waals surface area contributed by atoms with Crippen LogP contribution in [0.4, 0.5) is 0 Å². The predicted octanol–water partition coefficient (Wildman–Crippen LogP) is 18.3. The molecule has 0 aromatic rings. The van der Waals surface area contributed by atoms with Crippen LogP contribution in [0.15, 0.2) is 0 Å². The van der Waals surface area contributed by atoms with Crippen LogP contribution < -0.4 is 0 Å². The highest BCUT2D eigenvalue weighted by atomic mass is 31.2. The van der Waals surface area contributed by atoms with Gasteiger partial charge in [-0.3, -0.25) is 37.3 Å². The smallest absolute Gasteiger partial charge is 0.462 e. The van der Waals surface area contributed by atoms with E-state index in [1.165, 1.54) is 128 Å². The number of unbranched alkanes of at least 4 members (excludes halogenated alkanes) is 30. The van der Waals surface area contributed by atoms with Crippen molar-refractivity contribution in [2.75, 3.05) is 39.6 Å². The molecule has 19 heteroatoms. The van der Waals surface area contributed by atoms with E-state index in [1.807, 2.05) is 0 Å². The van der Waals surface area contributed by atoms with Gasteiger partial charge >= 0.3 is 39.5 Å². The molecule has 4 unspecified atom stereocenters. The maximum absolute atomic E-state index is 13.0. The predicted molar refractivity (Wildman–Crippen MR) is 340 cm³/mol. The quantitative estimate of drug-likeness (QED) is 0.0222. The molecule has 7 atom stereocenters. The Bertz CT molecular complexity index is 1690. The largest absolute Gasteiger partial charge is 0.472 e. The summed E-state index contributed by atoms with van der Waals surface area (Å²) < 4.78 is 68.1. The Hall–Kier alpha value is -1.94. The highest BCUT2D eigenvalue weighted by Crippen LogP contribution is 2.45. The summed E-state index contributed by atoms with van der Waals surface area (Å²) in [6.07, 6.45) is 38.8. The van der Waals surface area contributed by atoms with E-state index >= 15 is 0 Å². The second kappa shape index (κ2) is 57.2. The summed E-state index contributed by atoms with van der Waals surface area (Å²) in [5, 5.41) is 10.6. The molecule has 0 radical (unpaired) electrons. The minimum atomic E-state index is -4.95. The zero-order valence-corrected chi connectivity index (χ0v) is 56.9. The molecule has 0 aliphatic carbocycles.